The van der Waals surface area contributed by atoms with Crippen LogP contribution in [0.3, 0.4) is 0 Å². The average molecular weight is 430 g/mol. The number of fused-ring (bicyclic) bond motifs is 1. The standard InChI is InChI=1S/C25H23N3O2S/c1-17-12-13-20(14-18(17)2)26-23(29)16-31-25-27-22-11-7-6-10-21(22)24(30)28(25)15-19-8-4-3-5-9-19/h3-14H,15-16H2,1-2H3,(H,26,29). The highest BCUT2D eigenvalue weighted by molar-refractivity contribution is 7.99. The first-order valence-corrected chi connectivity index (χ1v) is 11.0. The third-order valence-electron chi connectivity index (χ3n) is 5.13. The van der Waals surface area contributed by atoms with Gasteiger partial charge in [-0.1, -0.05) is 60.3 Å². The predicted octanol–water partition coefficient (Wildman–Crippen LogP) is 4.79. The number of hydrogen-bond acceptors (Lipinski definition) is 4. The van der Waals surface area contributed by atoms with Crippen LogP contribution in [0, 0.1) is 13.8 Å². The molecule has 156 valence electrons. The van der Waals surface area contributed by atoms with Crippen LogP contribution in [0.4, 0.5) is 5.69 Å². The molecular formula is C25H23N3O2S. The largest absolute Gasteiger partial charge is 0.325 e. The van der Waals surface area contributed by atoms with Crippen molar-refractivity contribution in [1.29, 1.82) is 0 Å². The Hall–Kier alpha value is -3.38. The van der Waals surface area contributed by atoms with Crippen LogP contribution in [0.1, 0.15) is 16.7 Å². The minimum Gasteiger partial charge on any atom is -0.325 e. The molecule has 0 aliphatic heterocycles. The van der Waals surface area contributed by atoms with E-state index in [4.69, 9.17) is 0 Å². The van der Waals surface area contributed by atoms with E-state index in [9.17, 15) is 9.59 Å². The lowest BCUT2D eigenvalue weighted by atomic mass is 10.1. The zero-order chi connectivity index (χ0) is 21.8. The van der Waals surface area contributed by atoms with Crippen molar-refractivity contribution >= 4 is 34.3 Å². The number of aromatic nitrogens is 2. The molecule has 3 aromatic carbocycles. The van der Waals surface area contributed by atoms with E-state index in [1.54, 1.807) is 10.6 Å². The zero-order valence-corrected chi connectivity index (χ0v) is 18.3. The zero-order valence-electron chi connectivity index (χ0n) is 17.5. The van der Waals surface area contributed by atoms with Crippen molar-refractivity contribution < 1.29 is 4.79 Å². The van der Waals surface area contributed by atoms with Crippen LogP contribution in [0.2, 0.25) is 0 Å². The fourth-order valence-electron chi connectivity index (χ4n) is 3.31. The Kier molecular flexibility index (Phi) is 6.18. The van der Waals surface area contributed by atoms with Gasteiger partial charge in [0.05, 0.1) is 23.2 Å². The van der Waals surface area contributed by atoms with Gasteiger partial charge in [0.25, 0.3) is 5.56 Å². The molecule has 1 heterocycles. The van der Waals surface area contributed by atoms with E-state index in [-0.39, 0.29) is 17.2 Å². The van der Waals surface area contributed by atoms with Gasteiger partial charge >= 0.3 is 0 Å². The van der Waals surface area contributed by atoms with Crippen LogP contribution in [-0.2, 0) is 11.3 Å². The molecule has 0 saturated carbocycles. The first-order chi connectivity index (χ1) is 15.0. The Balaban J connectivity index is 1.59. The minimum atomic E-state index is -0.137. The van der Waals surface area contributed by atoms with Crippen molar-refractivity contribution in [1.82, 2.24) is 9.55 Å². The van der Waals surface area contributed by atoms with Crippen LogP contribution < -0.4 is 10.9 Å². The summed E-state index contributed by atoms with van der Waals surface area (Å²) >= 11 is 1.27. The SMILES string of the molecule is Cc1ccc(NC(=O)CSc2nc3ccccc3c(=O)n2Cc2ccccc2)cc1C. The molecule has 1 aromatic heterocycles. The molecule has 0 spiro atoms. The predicted molar refractivity (Wildman–Crippen MR) is 127 cm³/mol. The van der Waals surface area contributed by atoms with Crippen LogP contribution in [0.25, 0.3) is 10.9 Å². The second-order valence-electron chi connectivity index (χ2n) is 7.42. The van der Waals surface area contributed by atoms with Gasteiger partial charge in [-0.05, 0) is 54.8 Å². The molecule has 0 saturated heterocycles. The van der Waals surface area contributed by atoms with Crippen molar-refractivity contribution in [2.45, 2.75) is 25.5 Å². The Morgan fingerprint density at radius 1 is 0.968 bits per heavy atom. The van der Waals surface area contributed by atoms with Crippen molar-refractivity contribution in [2.24, 2.45) is 0 Å². The first kappa shape index (κ1) is 20.9. The molecule has 1 N–H and O–H groups in total. The molecule has 31 heavy (non-hydrogen) atoms. The molecule has 0 unspecified atom stereocenters. The summed E-state index contributed by atoms with van der Waals surface area (Å²) in [4.78, 5) is 30.4. The molecule has 0 bridgehead atoms. The van der Waals surface area contributed by atoms with Crippen LogP contribution in [0.15, 0.2) is 82.7 Å². The number of hydrogen-bond donors (Lipinski definition) is 1. The number of amides is 1. The summed E-state index contributed by atoms with van der Waals surface area (Å²) in [5.41, 5.74) is 4.60. The van der Waals surface area contributed by atoms with Gasteiger partial charge in [0, 0.05) is 5.69 Å². The number of nitrogens with one attached hydrogen (secondary N) is 1. The fourth-order valence-corrected chi connectivity index (χ4v) is 4.11. The second kappa shape index (κ2) is 9.18. The number of para-hydroxylation sites is 1. The monoisotopic (exact) mass is 429 g/mol. The summed E-state index contributed by atoms with van der Waals surface area (Å²) in [6, 6.07) is 22.9. The first-order valence-electron chi connectivity index (χ1n) is 10.0. The number of rotatable bonds is 6. The fraction of sp³-hybridized carbons (Fsp3) is 0.160. The Bertz CT molecular complexity index is 1300. The van der Waals surface area contributed by atoms with Crippen LogP contribution >= 0.6 is 11.8 Å². The maximum Gasteiger partial charge on any atom is 0.262 e. The van der Waals surface area contributed by atoms with Crippen molar-refractivity contribution in [2.75, 3.05) is 11.1 Å². The number of anilines is 1. The topological polar surface area (TPSA) is 64.0 Å². The summed E-state index contributed by atoms with van der Waals surface area (Å²) in [6.45, 7) is 4.45. The van der Waals surface area contributed by atoms with E-state index in [0.29, 0.717) is 22.6 Å². The number of thioether (sulfide) groups is 1. The molecule has 0 aliphatic carbocycles. The Labute approximate surface area is 185 Å². The quantitative estimate of drug-likeness (QED) is 0.353. The van der Waals surface area contributed by atoms with Crippen molar-refractivity contribution in [3.8, 4) is 0 Å². The van der Waals surface area contributed by atoms with Gasteiger partial charge in [-0.25, -0.2) is 4.98 Å². The van der Waals surface area contributed by atoms with Gasteiger partial charge in [-0.15, -0.1) is 0 Å². The maximum absolute atomic E-state index is 13.2. The molecule has 4 rings (SSSR count). The number of aryl methyl sites for hydroxylation is 2. The lowest BCUT2D eigenvalue weighted by Gasteiger charge is -2.13. The molecule has 4 aromatic rings. The smallest absolute Gasteiger partial charge is 0.262 e. The van der Waals surface area contributed by atoms with E-state index < -0.39 is 0 Å². The average Bonchev–Trinajstić information content (AvgIpc) is 2.78. The Morgan fingerprint density at radius 2 is 1.71 bits per heavy atom. The summed E-state index contributed by atoms with van der Waals surface area (Å²) in [5, 5.41) is 4.03. The maximum atomic E-state index is 13.2. The molecule has 0 atom stereocenters. The normalized spacial score (nSPS) is 10.9. The van der Waals surface area contributed by atoms with E-state index in [0.717, 1.165) is 16.8 Å². The summed E-state index contributed by atoms with van der Waals surface area (Å²) in [7, 11) is 0. The van der Waals surface area contributed by atoms with E-state index in [1.807, 2.05) is 80.6 Å². The van der Waals surface area contributed by atoms with Gasteiger partial charge in [0.1, 0.15) is 0 Å². The van der Waals surface area contributed by atoms with Gasteiger partial charge in [0.15, 0.2) is 5.16 Å². The number of nitrogens with zero attached hydrogens (tertiary/aromatic N) is 2. The van der Waals surface area contributed by atoms with Crippen LogP contribution in [0.5, 0.6) is 0 Å². The molecule has 0 radical (unpaired) electrons. The third-order valence-corrected chi connectivity index (χ3v) is 6.11. The second-order valence-corrected chi connectivity index (χ2v) is 8.37. The molecule has 5 nitrogen and oxygen atoms in total. The molecule has 0 aliphatic rings. The lowest BCUT2D eigenvalue weighted by Crippen LogP contribution is -2.24. The van der Waals surface area contributed by atoms with Gasteiger partial charge in [-0.2, -0.15) is 0 Å². The summed E-state index contributed by atoms with van der Waals surface area (Å²) < 4.78 is 1.64. The number of carbonyl (C=O) groups is 1. The van der Waals surface area contributed by atoms with E-state index >= 15 is 0 Å². The highest BCUT2D eigenvalue weighted by atomic mass is 32.2. The third kappa shape index (κ3) is 4.86. The number of carbonyl (C=O) groups excluding carboxylic acids is 1. The minimum absolute atomic E-state index is 0.105. The van der Waals surface area contributed by atoms with Gasteiger partial charge in [0.2, 0.25) is 5.91 Å². The molecule has 6 heteroatoms. The Morgan fingerprint density at radius 3 is 2.48 bits per heavy atom. The van der Waals surface area contributed by atoms with E-state index in [1.165, 1.54) is 17.3 Å². The number of benzene rings is 3. The van der Waals surface area contributed by atoms with Gasteiger partial charge < -0.3 is 5.32 Å². The molecular weight excluding hydrogens is 406 g/mol. The van der Waals surface area contributed by atoms with Crippen molar-refractivity contribution in [3.63, 3.8) is 0 Å². The molecule has 0 fully saturated rings. The van der Waals surface area contributed by atoms with Crippen LogP contribution in [-0.4, -0.2) is 21.2 Å². The summed E-state index contributed by atoms with van der Waals surface area (Å²) in [5.74, 6) is 0.0221. The van der Waals surface area contributed by atoms with E-state index in [2.05, 4.69) is 10.3 Å². The van der Waals surface area contributed by atoms with Gasteiger partial charge in [-0.3, -0.25) is 14.2 Å². The highest BCUT2D eigenvalue weighted by Gasteiger charge is 2.14. The van der Waals surface area contributed by atoms with Crippen molar-refractivity contribution in [3.05, 3.63) is 99.8 Å². The molecule has 1 amide bonds. The highest BCUT2D eigenvalue weighted by Crippen LogP contribution is 2.20. The lowest BCUT2D eigenvalue weighted by molar-refractivity contribution is -0.113. The summed E-state index contributed by atoms with van der Waals surface area (Å²) in [6.07, 6.45) is 0.